The van der Waals surface area contributed by atoms with Crippen molar-refractivity contribution in [3.05, 3.63) is 60.2 Å². The first-order valence-electron chi connectivity index (χ1n) is 10.4. The molecule has 0 bridgehead atoms. The van der Waals surface area contributed by atoms with Crippen LogP contribution in [0.1, 0.15) is 24.8 Å². The molecule has 152 valence electrons. The van der Waals surface area contributed by atoms with Gasteiger partial charge in [-0.1, -0.05) is 36.4 Å². The number of likely N-dealkylation sites (tertiary alicyclic amines) is 1. The lowest BCUT2D eigenvalue weighted by Crippen LogP contribution is -2.42. The van der Waals surface area contributed by atoms with Gasteiger partial charge in [-0.2, -0.15) is 0 Å². The van der Waals surface area contributed by atoms with Gasteiger partial charge in [0.2, 0.25) is 11.8 Å². The number of methoxy groups -OCH3 is 1. The van der Waals surface area contributed by atoms with Crippen LogP contribution < -0.4 is 9.64 Å². The predicted molar refractivity (Wildman–Crippen MR) is 113 cm³/mol. The first-order chi connectivity index (χ1) is 14.1. The molecule has 0 aliphatic carbocycles. The molecule has 2 aromatic rings. The van der Waals surface area contributed by atoms with Gasteiger partial charge >= 0.3 is 0 Å². The number of anilines is 1. The Hall–Kier alpha value is -2.82. The first kappa shape index (κ1) is 19.5. The highest BCUT2D eigenvalue weighted by atomic mass is 16.5. The number of nitrogens with zero attached hydrogens (tertiary/aromatic N) is 2. The van der Waals surface area contributed by atoms with Crippen molar-refractivity contribution in [1.82, 2.24) is 4.90 Å². The second-order valence-corrected chi connectivity index (χ2v) is 8.07. The Kier molecular flexibility index (Phi) is 5.84. The Labute approximate surface area is 172 Å². The molecule has 2 heterocycles. The maximum absolute atomic E-state index is 13.0. The molecule has 2 fully saturated rings. The van der Waals surface area contributed by atoms with Gasteiger partial charge in [0.15, 0.2) is 0 Å². The van der Waals surface area contributed by atoms with Gasteiger partial charge in [-0.05, 0) is 42.9 Å². The van der Waals surface area contributed by atoms with Gasteiger partial charge in [-0.25, -0.2) is 0 Å². The summed E-state index contributed by atoms with van der Waals surface area (Å²) in [7, 11) is 1.61. The van der Waals surface area contributed by atoms with Crippen LogP contribution in [-0.4, -0.2) is 43.5 Å². The number of amides is 2. The molecule has 0 saturated carbocycles. The zero-order valence-corrected chi connectivity index (χ0v) is 16.9. The fourth-order valence-electron chi connectivity index (χ4n) is 4.46. The quantitative estimate of drug-likeness (QED) is 0.782. The van der Waals surface area contributed by atoms with Crippen molar-refractivity contribution in [2.24, 2.45) is 11.8 Å². The molecular formula is C24H28N2O3. The van der Waals surface area contributed by atoms with E-state index in [1.807, 2.05) is 35.2 Å². The molecule has 0 spiro atoms. The summed E-state index contributed by atoms with van der Waals surface area (Å²) in [5.41, 5.74) is 2.17. The summed E-state index contributed by atoms with van der Waals surface area (Å²) in [4.78, 5) is 29.3. The summed E-state index contributed by atoms with van der Waals surface area (Å²) in [6, 6.07) is 18.0. The molecule has 0 radical (unpaired) electrons. The van der Waals surface area contributed by atoms with Gasteiger partial charge in [0.1, 0.15) is 5.75 Å². The highest BCUT2D eigenvalue weighted by molar-refractivity contribution is 6.00. The Morgan fingerprint density at radius 2 is 1.83 bits per heavy atom. The zero-order chi connectivity index (χ0) is 20.2. The molecule has 4 rings (SSSR count). The number of carbonyl (C=O) groups is 2. The van der Waals surface area contributed by atoms with Crippen LogP contribution in [0.3, 0.4) is 0 Å². The number of piperidine rings is 1. The van der Waals surface area contributed by atoms with E-state index in [4.69, 9.17) is 4.74 Å². The zero-order valence-electron chi connectivity index (χ0n) is 16.9. The maximum Gasteiger partial charge on any atom is 0.228 e. The molecular weight excluding hydrogens is 364 g/mol. The number of ether oxygens (including phenoxy) is 1. The second-order valence-electron chi connectivity index (χ2n) is 8.07. The van der Waals surface area contributed by atoms with E-state index in [1.165, 1.54) is 5.56 Å². The van der Waals surface area contributed by atoms with E-state index in [2.05, 4.69) is 24.3 Å². The summed E-state index contributed by atoms with van der Waals surface area (Å²) >= 11 is 0. The molecule has 0 aromatic heterocycles. The molecule has 2 amide bonds. The van der Waals surface area contributed by atoms with E-state index < -0.39 is 0 Å². The van der Waals surface area contributed by atoms with Gasteiger partial charge in [-0.15, -0.1) is 0 Å². The monoisotopic (exact) mass is 392 g/mol. The minimum Gasteiger partial charge on any atom is -0.497 e. The third kappa shape index (κ3) is 4.44. The van der Waals surface area contributed by atoms with Crippen LogP contribution >= 0.6 is 0 Å². The fourth-order valence-corrected chi connectivity index (χ4v) is 4.46. The van der Waals surface area contributed by atoms with Gasteiger partial charge in [0.05, 0.1) is 13.0 Å². The standard InChI is InChI=1S/C24H28N2O3/c1-29-22-9-5-8-21(16-22)26-17-20(15-23(26)27)24(28)25-12-10-19(11-13-25)14-18-6-3-2-4-7-18/h2-9,16,19-20H,10-15,17H2,1H3/t20-/m0/s1. The van der Waals surface area contributed by atoms with E-state index in [0.717, 1.165) is 38.0 Å². The first-order valence-corrected chi connectivity index (χ1v) is 10.4. The number of hydrogen-bond acceptors (Lipinski definition) is 3. The maximum atomic E-state index is 13.0. The molecule has 2 aliphatic heterocycles. The number of benzene rings is 2. The minimum atomic E-state index is -0.251. The van der Waals surface area contributed by atoms with Crippen molar-refractivity contribution < 1.29 is 14.3 Å². The molecule has 2 saturated heterocycles. The third-order valence-electron chi connectivity index (χ3n) is 6.13. The van der Waals surface area contributed by atoms with Gasteiger partial charge < -0.3 is 14.5 Å². The van der Waals surface area contributed by atoms with Crippen LogP contribution in [0.15, 0.2) is 54.6 Å². The van der Waals surface area contributed by atoms with E-state index in [-0.39, 0.29) is 17.7 Å². The van der Waals surface area contributed by atoms with E-state index in [1.54, 1.807) is 12.0 Å². The summed E-state index contributed by atoms with van der Waals surface area (Å²) in [6.07, 6.45) is 3.43. The number of rotatable bonds is 5. The SMILES string of the molecule is COc1cccc(N2C[C@@H](C(=O)N3CCC(Cc4ccccc4)CC3)CC2=O)c1. The smallest absolute Gasteiger partial charge is 0.228 e. The normalized spacial score (nSPS) is 20.2. The summed E-state index contributed by atoms with van der Waals surface area (Å²) < 4.78 is 5.26. The van der Waals surface area contributed by atoms with Crippen LogP contribution in [0, 0.1) is 11.8 Å². The average molecular weight is 392 g/mol. The van der Waals surface area contributed by atoms with Crippen LogP contribution in [0.5, 0.6) is 5.75 Å². The van der Waals surface area contributed by atoms with Crippen molar-refractivity contribution in [2.75, 3.05) is 31.6 Å². The minimum absolute atomic E-state index is 0.00978. The molecule has 0 unspecified atom stereocenters. The van der Waals surface area contributed by atoms with Crippen molar-refractivity contribution in [3.8, 4) is 5.75 Å². The van der Waals surface area contributed by atoms with E-state index >= 15 is 0 Å². The summed E-state index contributed by atoms with van der Waals surface area (Å²) in [5, 5.41) is 0. The molecule has 1 atom stereocenters. The number of hydrogen-bond donors (Lipinski definition) is 0. The molecule has 29 heavy (non-hydrogen) atoms. The van der Waals surface area contributed by atoms with Gasteiger partial charge in [0.25, 0.3) is 0 Å². The molecule has 0 N–H and O–H groups in total. The Morgan fingerprint density at radius 3 is 2.55 bits per heavy atom. The van der Waals surface area contributed by atoms with Gasteiger partial charge in [-0.3, -0.25) is 9.59 Å². The Morgan fingerprint density at radius 1 is 1.07 bits per heavy atom. The predicted octanol–water partition coefficient (Wildman–Crippen LogP) is 3.53. The lowest BCUT2D eigenvalue weighted by molar-refractivity contribution is -0.137. The Bertz CT molecular complexity index is 859. The molecule has 5 nitrogen and oxygen atoms in total. The largest absolute Gasteiger partial charge is 0.497 e. The summed E-state index contributed by atoms with van der Waals surface area (Å²) in [6.45, 7) is 2.04. The highest BCUT2D eigenvalue weighted by Crippen LogP contribution is 2.30. The van der Waals surface area contributed by atoms with Crippen molar-refractivity contribution in [3.63, 3.8) is 0 Å². The summed E-state index contributed by atoms with van der Waals surface area (Å²) in [5.74, 6) is 1.22. The molecule has 2 aliphatic rings. The van der Waals surface area contributed by atoms with Crippen LogP contribution in [0.2, 0.25) is 0 Å². The van der Waals surface area contributed by atoms with Crippen molar-refractivity contribution >= 4 is 17.5 Å². The topological polar surface area (TPSA) is 49.9 Å². The number of carbonyl (C=O) groups excluding carboxylic acids is 2. The lowest BCUT2D eigenvalue weighted by atomic mass is 9.89. The average Bonchev–Trinajstić information content (AvgIpc) is 3.16. The van der Waals surface area contributed by atoms with Crippen molar-refractivity contribution in [1.29, 1.82) is 0 Å². The molecule has 5 heteroatoms. The third-order valence-corrected chi connectivity index (χ3v) is 6.13. The second kappa shape index (κ2) is 8.68. The van der Waals surface area contributed by atoms with E-state index in [9.17, 15) is 9.59 Å². The molecule has 2 aromatic carbocycles. The Balaban J connectivity index is 1.33. The lowest BCUT2D eigenvalue weighted by Gasteiger charge is -2.33. The van der Waals surface area contributed by atoms with Gasteiger partial charge in [0, 0.05) is 37.8 Å². The van der Waals surface area contributed by atoms with Crippen LogP contribution in [-0.2, 0) is 16.0 Å². The van der Waals surface area contributed by atoms with Crippen LogP contribution in [0.4, 0.5) is 5.69 Å². The van der Waals surface area contributed by atoms with Crippen LogP contribution in [0.25, 0.3) is 0 Å². The fraction of sp³-hybridized carbons (Fsp3) is 0.417. The highest BCUT2D eigenvalue weighted by Gasteiger charge is 2.38. The van der Waals surface area contributed by atoms with Crippen molar-refractivity contribution in [2.45, 2.75) is 25.7 Å². The van der Waals surface area contributed by atoms with E-state index in [0.29, 0.717) is 24.6 Å².